The normalized spacial score (nSPS) is 12.4. The summed E-state index contributed by atoms with van der Waals surface area (Å²) in [4.78, 5) is 11.9. The Balaban J connectivity index is 2.49. The van der Waals surface area contributed by atoms with Crippen LogP contribution in [-0.4, -0.2) is 24.3 Å². The first kappa shape index (κ1) is 16.7. The number of aliphatic hydroxyl groups excluding tert-OH is 1. The molecule has 1 aromatic carbocycles. The van der Waals surface area contributed by atoms with E-state index in [-0.39, 0.29) is 18.5 Å². The van der Waals surface area contributed by atoms with Gasteiger partial charge in [0.1, 0.15) is 0 Å². The van der Waals surface area contributed by atoms with Gasteiger partial charge in [0.15, 0.2) is 0 Å². The summed E-state index contributed by atoms with van der Waals surface area (Å²) < 4.78 is 5.21. The quantitative estimate of drug-likeness (QED) is 0.586. The lowest BCUT2D eigenvalue weighted by Gasteiger charge is -2.13. The maximum atomic E-state index is 11.9. The van der Waals surface area contributed by atoms with E-state index in [9.17, 15) is 4.79 Å². The van der Waals surface area contributed by atoms with Gasteiger partial charge in [-0.1, -0.05) is 38.1 Å². The number of hydrogen-bond donors (Lipinski definition) is 1. The van der Waals surface area contributed by atoms with Crippen molar-refractivity contribution in [3.8, 4) is 0 Å². The van der Waals surface area contributed by atoms with Crippen LogP contribution in [0.4, 0.5) is 0 Å². The lowest BCUT2D eigenvalue weighted by Crippen LogP contribution is -2.14. The largest absolute Gasteiger partial charge is 0.465 e. The number of aliphatic hydroxyl groups is 1. The highest BCUT2D eigenvalue weighted by atomic mass is 16.5. The number of esters is 1. The molecule has 112 valence electrons. The first-order chi connectivity index (χ1) is 9.54. The zero-order valence-corrected chi connectivity index (χ0v) is 12.8. The molecule has 20 heavy (non-hydrogen) atoms. The molecule has 0 radical (unpaired) electrons. The number of rotatable bonds is 8. The highest BCUT2D eigenvalue weighted by molar-refractivity contribution is 5.77. The van der Waals surface area contributed by atoms with Gasteiger partial charge in [0.25, 0.3) is 0 Å². The van der Waals surface area contributed by atoms with E-state index in [1.165, 1.54) is 5.56 Å². The van der Waals surface area contributed by atoms with E-state index in [2.05, 4.69) is 26.0 Å². The molecular weight excluding hydrogens is 252 g/mol. The Labute approximate surface area is 122 Å². The SMILES string of the molecule is CC(C)Cc1ccc(C(C)C(=O)OCCCCO)cc1. The van der Waals surface area contributed by atoms with Gasteiger partial charge in [0, 0.05) is 6.61 Å². The van der Waals surface area contributed by atoms with Crippen LogP contribution in [0.15, 0.2) is 24.3 Å². The summed E-state index contributed by atoms with van der Waals surface area (Å²) in [5.41, 5.74) is 2.29. The summed E-state index contributed by atoms with van der Waals surface area (Å²) in [6.07, 6.45) is 2.44. The summed E-state index contributed by atoms with van der Waals surface area (Å²) in [5, 5.41) is 8.67. The van der Waals surface area contributed by atoms with E-state index in [0.717, 1.165) is 12.0 Å². The maximum Gasteiger partial charge on any atom is 0.313 e. The second-order valence-corrected chi connectivity index (χ2v) is 5.66. The fraction of sp³-hybridized carbons (Fsp3) is 0.588. The average molecular weight is 278 g/mol. The van der Waals surface area contributed by atoms with Crippen LogP contribution in [0, 0.1) is 5.92 Å². The molecular formula is C17H26O3. The van der Waals surface area contributed by atoms with E-state index < -0.39 is 0 Å². The third kappa shape index (κ3) is 5.74. The van der Waals surface area contributed by atoms with Crippen LogP contribution in [-0.2, 0) is 16.0 Å². The molecule has 0 fully saturated rings. The zero-order chi connectivity index (χ0) is 15.0. The van der Waals surface area contributed by atoms with Crippen molar-refractivity contribution in [3.05, 3.63) is 35.4 Å². The van der Waals surface area contributed by atoms with Crippen LogP contribution in [0.1, 0.15) is 50.7 Å². The van der Waals surface area contributed by atoms with Crippen LogP contribution in [0.2, 0.25) is 0 Å². The van der Waals surface area contributed by atoms with E-state index in [1.807, 2.05) is 19.1 Å². The monoisotopic (exact) mass is 278 g/mol. The van der Waals surface area contributed by atoms with Gasteiger partial charge < -0.3 is 9.84 Å². The summed E-state index contributed by atoms with van der Waals surface area (Å²) in [7, 11) is 0. The van der Waals surface area contributed by atoms with Crippen LogP contribution in [0.5, 0.6) is 0 Å². The zero-order valence-electron chi connectivity index (χ0n) is 12.8. The van der Waals surface area contributed by atoms with Crippen molar-refractivity contribution in [2.45, 2.75) is 46.0 Å². The summed E-state index contributed by atoms with van der Waals surface area (Å²) in [6.45, 7) is 6.78. The molecule has 0 bridgehead atoms. The molecule has 0 aliphatic rings. The molecule has 0 spiro atoms. The summed E-state index contributed by atoms with van der Waals surface area (Å²) in [6, 6.07) is 8.20. The Morgan fingerprint density at radius 1 is 1.15 bits per heavy atom. The van der Waals surface area contributed by atoms with Crippen molar-refractivity contribution < 1.29 is 14.6 Å². The summed E-state index contributed by atoms with van der Waals surface area (Å²) in [5.74, 6) is 0.200. The Morgan fingerprint density at radius 3 is 2.35 bits per heavy atom. The third-order valence-corrected chi connectivity index (χ3v) is 3.27. The van der Waals surface area contributed by atoms with Crippen LogP contribution in [0.25, 0.3) is 0 Å². The predicted molar refractivity (Wildman–Crippen MR) is 80.7 cm³/mol. The molecule has 1 rings (SSSR count). The van der Waals surface area contributed by atoms with Crippen LogP contribution in [0.3, 0.4) is 0 Å². The van der Waals surface area contributed by atoms with Crippen molar-refractivity contribution in [3.63, 3.8) is 0 Å². The van der Waals surface area contributed by atoms with Gasteiger partial charge in [-0.05, 0) is 43.2 Å². The molecule has 0 aliphatic heterocycles. The molecule has 1 N–H and O–H groups in total. The average Bonchev–Trinajstić information content (AvgIpc) is 2.43. The molecule has 3 nitrogen and oxygen atoms in total. The van der Waals surface area contributed by atoms with Crippen molar-refractivity contribution >= 4 is 5.97 Å². The second-order valence-electron chi connectivity index (χ2n) is 5.66. The van der Waals surface area contributed by atoms with E-state index in [4.69, 9.17) is 9.84 Å². The van der Waals surface area contributed by atoms with E-state index in [0.29, 0.717) is 25.4 Å². The molecule has 0 heterocycles. The summed E-state index contributed by atoms with van der Waals surface area (Å²) >= 11 is 0. The number of ether oxygens (including phenoxy) is 1. The van der Waals surface area contributed by atoms with Crippen molar-refractivity contribution in [2.24, 2.45) is 5.92 Å². The number of unbranched alkanes of at least 4 members (excludes halogenated alkanes) is 1. The highest BCUT2D eigenvalue weighted by Gasteiger charge is 2.16. The fourth-order valence-electron chi connectivity index (χ4n) is 2.06. The van der Waals surface area contributed by atoms with Gasteiger partial charge in [-0.25, -0.2) is 0 Å². The number of carbonyl (C=O) groups is 1. The van der Waals surface area contributed by atoms with Gasteiger partial charge >= 0.3 is 5.97 Å². The van der Waals surface area contributed by atoms with Gasteiger partial charge in [0.2, 0.25) is 0 Å². The standard InChI is InChI=1S/C17H26O3/c1-13(2)12-15-6-8-16(9-7-15)14(3)17(19)20-11-5-4-10-18/h6-9,13-14,18H,4-5,10-12H2,1-3H3. The molecule has 1 unspecified atom stereocenters. The van der Waals surface area contributed by atoms with Gasteiger partial charge in [-0.3, -0.25) is 4.79 Å². The van der Waals surface area contributed by atoms with E-state index >= 15 is 0 Å². The first-order valence-electron chi connectivity index (χ1n) is 7.41. The van der Waals surface area contributed by atoms with E-state index in [1.54, 1.807) is 0 Å². The molecule has 0 aliphatic carbocycles. The lowest BCUT2D eigenvalue weighted by atomic mass is 9.97. The lowest BCUT2D eigenvalue weighted by molar-refractivity contribution is -0.145. The number of carbonyl (C=O) groups excluding carboxylic acids is 1. The minimum Gasteiger partial charge on any atom is -0.465 e. The molecule has 0 saturated heterocycles. The number of hydrogen-bond acceptors (Lipinski definition) is 3. The minimum atomic E-state index is -0.239. The van der Waals surface area contributed by atoms with Crippen LogP contribution < -0.4 is 0 Å². The Kier molecular flexibility index (Phi) is 7.31. The first-order valence-corrected chi connectivity index (χ1v) is 7.41. The number of benzene rings is 1. The molecule has 1 atom stereocenters. The topological polar surface area (TPSA) is 46.5 Å². The highest BCUT2D eigenvalue weighted by Crippen LogP contribution is 2.19. The van der Waals surface area contributed by atoms with Gasteiger partial charge in [-0.2, -0.15) is 0 Å². The predicted octanol–water partition coefficient (Wildman–Crippen LogP) is 3.30. The van der Waals surface area contributed by atoms with Crippen molar-refractivity contribution in [2.75, 3.05) is 13.2 Å². The van der Waals surface area contributed by atoms with Crippen molar-refractivity contribution in [1.82, 2.24) is 0 Å². The molecule has 0 aromatic heterocycles. The Hall–Kier alpha value is -1.35. The second kappa shape index (κ2) is 8.75. The molecule has 0 saturated carbocycles. The Bertz CT molecular complexity index is 395. The smallest absolute Gasteiger partial charge is 0.313 e. The molecule has 0 amide bonds. The van der Waals surface area contributed by atoms with Gasteiger partial charge in [0.05, 0.1) is 12.5 Å². The van der Waals surface area contributed by atoms with Crippen LogP contribution >= 0.6 is 0 Å². The maximum absolute atomic E-state index is 11.9. The van der Waals surface area contributed by atoms with Crippen molar-refractivity contribution in [1.29, 1.82) is 0 Å². The minimum absolute atomic E-state index is 0.143. The van der Waals surface area contributed by atoms with Gasteiger partial charge in [-0.15, -0.1) is 0 Å². The fourth-order valence-corrected chi connectivity index (χ4v) is 2.06. The molecule has 1 aromatic rings. The molecule has 3 heteroatoms. The Morgan fingerprint density at radius 2 is 1.80 bits per heavy atom. The third-order valence-electron chi connectivity index (χ3n) is 3.27.